The van der Waals surface area contributed by atoms with Crippen LogP contribution in [0.25, 0.3) is 11.3 Å². The summed E-state index contributed by atoms with van der Waals surface area (Å²) in [5.74, 6) is 2.07. The van der Waals surface area contributed by atoms with Crippen LogP contribution in [0.5, 0.6) is 11.5 Å². The molecule has 0 saturated heterocycles. The fourth-order valence-corrected chi connectivity index (χ4v) is 2.33. The van der Waals surface area contributed by atoms with E-state index in [0.29, 0.717) is 19.0 Å². The van der Waals surface area contributed by atoms with Crippen molar-refractivity contribution in [2.24, 2.45) is 0 Å². The van der Waals surface area contributed by atoms with Gasteiger partial charge in [0.05, 0.1) is 18.9 Å². The SMILES string of the molecule is CCCc1c(N)n[nH]c1-c1ccc(OCC)c(OCC)c1. The smallest absolute Gasteiger partial charge is 0.161 e. The van der Waals surface area contributed by atoms with Gasteiger partial charge in [-0.2, -0.15) is 5.10 Å². The minimum atomic E-state index is 0.568. The molecule has 5 heteroatoms. The third-order valence-corrected chi connectivity index (χ3v) is 3.23. The maximum atomic E-state index is 5.94. The number of hydrogen-bond acceptors (Lipinski definition) is 4. The number of nitrogens with two attached hydrogens (primary N) is 1. The van der Waals surface area contributed by atoms with Crippen LogP contribution in [0.15, 0.2) is 18.2 Å². The number of ether oxygens (including phenoxy) is 2. The van der Waals surface area contributed by atoms with Crippen molar-refractivity contribution in [3.05, 3.63) is 23.8 Å². The Labute approximate surface area is 125 Å². The molecule has 0 bridgehead atoms. The highest BCUT2D eigenvalue weighted by Crippen LogP contribution is 2.34. The topological polar surface area (TPSA) is 73.2 Å². The summed E-state index contributed by atoms with van der Waals surface area (Å²) >= 11 is 0. The summed E-state index contributed by atoms with van der Waals surface area (Å²) in [6.07, 6.45) is 1.92. The molecule has 0 aliphatic heterocycles. The van der Waals surface area contributed by atoms with Crippen LogP contribution in [-0.4, -0.2) is 23.4 Å². The molecule has 1 aromatic heterocycles. The number of aromatic amines is 1. The van der Waals surface area contributed by atoms with Gasteiger partial charge in [0, 0.05) is 11.1 Å². The predicted octanol–water partition coefficient (Wildman–Crippen LogP) is 3.41. The van der Waals surface area contributed by atoms with Crippen molar-refractivity contribution < 1.29 is 9.47 Å². The molecule has 0 fully saturated rings. The van der Waals surface area contributed by atoms with Crippen LogP contribution < -0.4 is 15.2 Å². The molecule has 5 nitrogen and oxygen atoms in total. The van der Waals surface area contributed by atoms with Crippen molar-refractivity contribution in [2.75, 3.05) is 18.9 Å². The Morgan fingerprint density at radius 3 is 2.48 bits per heavy atom. The van der Waals surface area contributed by atoms with Crippen molar-refractivity contribution in [3.8, 4) is 22.8 Å². The molecule has 0 aliphatic rings. The summed E-state index contributed by atoms with van der Waals surface area (Å²) in [5.41, 5.74) is 8.97. The van der Waals surface area contributed by atoms with Crippen molar-refractivity contribution in [3.63, 3.8) is 0 Å². The number of hydrogen-bond donors (Lipinski definition) is 2. The second-order valence-corrected chi connectivity index (χ2v) is 4.74. The Bertz CT molecular complexity index is 593. The highest BCUT2D eigenvalue weighted by atomic mass is 16.5. The lowest BCUT2D eigenvalue weighted by atomic mass is 10.0. The molecule has 114 valence electrons. The third kappa shape index (κ3) is 3.29. The van der Waals surface area contributed by atoms with Gasteiger partial charge in [0.2, 0.25) is 0 Å². The summed E-state index contributed by atoms with van der Waals surface area (Å²) < 4.78 is 11.3. The van der Waals surface area contributed by atoms with Gasteiger partial charge in [0.25, 0.3) is 0 Å². The molecule has 0 saturated carbocycles. The van der Waals surface area contributed by atoms with E-state index in [1.165, 1.54) is 0 Å². The van der Waals surface area contributed by atoms with Gasteiger partial charge < -0.3 is 15.2 Å². The van der Waals surface area contributed by atoms with Gasteiger partial charge in [0.1, 0.15) is 5.82 Å². The molecule has 0 aliphatic carbocycles. The van der Waals surface area contributed by atoms with Gasteiger partial charge >= 0.3 is 0 Å². The van der Waals surface area contributed by atoms with Crippen molar-refractivity contribution in [2.45, 2.75) is 33.6 Å². The lowest BCUT2D eigenvalue weighted by Crippen LogP contribution is -1.99. The van der Waals surface area contributed by atoms with Crippen LogP contribution in [0.2, 0.25) is 0 Å². The van der Waals surface area contributed by atoms with E-state index in [2.05, 4.69) is 17.1 Å². The molecular formula is C16H23N3O2. The first-order valence-corrected chi connectivity index (χ1v) is 7.43. The highest BCUT2D eigenvalue weighted by molar-refractivity contribution is 5.70. The largest absolute Gasteiger partial charge is 0.490 e. The van der Waals surface area contributed by atoms with Crippen molar-refractivity contribution >= 4 is 5.82 Å². The zero-order valence-corrected chi connectivity index (χ0v) is 12.9. The van der Waals surface area contributed by atoms with Gasteiger partial charge in [-0.25, -0.2) is 0 Å². The van der Waals surface area contributed by atoms with Crippen LogP contribution in [-0.2, 0) is 6.42 Å². The Kier molecular flexibility index (Phi) is 5.09. The first kappa shape index (κ1) is 15.2. The standard InChI is InChI=1S/C16H23N3O2/c1-4-7-12-15(18-19-16(12)17)11-8-9-13(20-5-2)14(10-11)21-6-3/h8-10H,4-7H2,1-3H3,(H3,17,18,19). The second-order valence-electron chi connectivity index (χ2n) is 4.74. The maximum Gasteiger partial charge on any atom is 0.161 e. The van der Waals surface area contributed by atoms with E-state index in [1.54, 1.807) is 0 Å². The number of nitrogens with one attached hydrogen (secondary N) is 1. The normalized spacial score (nSPS) is 10.6. The minimum Gasteiger partial charge on any atom is -0.490 e. The summed E-state index contributed by atoms with van der Waals surface area (Å²) in [7, 11) is 0. The molecule has 1 aromatic carbocycles. The molecule has 21 heavy (non-hydrogen) atoms. The fourth-order valence-electron chi connectivity index (χ4n) is 2.33. The molecule has 2 aromatic rings. The van der Waals surface area contributed by atoms with E-state index in [-0.39, 0.29) is 0 Å². The number of rotatable bonds is 7. The lowest BCUT2D eigenvalue weighted by Gasteiger charge is -2.12. The summed E-state index contributed by atoms with van der Waals surface area (Å²) in [4.78, 5) is 0. The summed E-state index contributed by atoms with van der Waals surface area (Å²) in [6.45, 7) is 7.24. The molecule has 1 heterocycles. The van der Waals surface area contributed by atoms with Gasteiger partial charge in [-0.05, 0) is 38.5 Å². The van der Waals surface area contributed by atoms with Crippen LogP contribution in [0, 0.1) is 0 Å². The van der Waals surface area contributed by atoms with Crippen LogP contribution in [0.1, 0.15) is 32.8 Å². The summed E-state index contributed by atoms with van der Waals surface area (Å²) in [6, 6.07) is 5.90. The molecular weight excluding hydrogens is 266 g/mol. The molecule has 0 spiro atoms. The first-order chi connectivity index (χ1) is 10.2. The third-order valence-electron chi connectivity index (χ3n) is 3.23. The number of anilines is 1. The van der Waals surface area contributed by atoms with Gasteiger partial charge in [-0.15, -0.1) is 0 Å². The Morgan fingerprint density at radius 2 is 1.81 bits per heavy atom. The number of nitrogen functional groups attached to an aromatic ring is 1. The zero-order valence-electron chi connectivity index (χ0n) is 12.9. The van der Waals surface area contributed by atoms with E-state index >= 15 is 0 Å². The molecule has 0 unspecified atom stereocenters. The number of nitrogens with zero attached hydrogens (tertiary/aromatic N) is 1. The molecule has 0 atom stereocenters. The second kappa shape index (κ2) is 7.02. The molecule has 2 rings (SSSR count). The highest BCUT2D eigenvalue weighted by Gasteiger charge is 2.14. The monoisotopic (exact) mass is 289 g/mol. The van der Waals surface area contributed by atoms with Crippen molar-refractivity contribution in [1.29, 1.82) is 0 Å². The van der Waals surface area contributed by atoms with E-state index in [0.717, 1.165) is 41.2 Å². The van der Waals surface area contributed by atoms with E-state index in [4.69, 9.17) is 15.2 Å². The number of H-pyrrole nitrogens is 1. The van der Waals surface area contributed by atoms with Crippen LogP contribution in [0.3, 0.4) is 0 Å². The van der Waals surface area contributed by atoms with Gasteiger partial charge in [-0.1, -0.05) is 13.3 Å². The van der Waals surface area contributed by atoms with Crippen LogP contribution >= 0.6 is 0 Å². The Morgan fingerprint density at radius 1 is 1.10 bits per heavy atom. The minimum absolute atomic E-state index is 0.568. The van der Waals surface area contributed by atoms with Crippen LogP contribution in [0.4, 0.5) is 5.82 Å². The van der Waals surface area contributed by atoms with Gasteiger partial charge in [-0.3, -0.25) is 5.10 Å². The predicted molar refractivity (Wildman–Crippen MR) is 84.8 cm³/mol. The average Bonchev–Trinajstić information content (AvgIpc) is 2.83. The first-order valence-electron chi connectivity index (χ1n) is 7.43. The van der Waals surface area contributed by atoms with Gasteiger partial charge in [0.15, 0.2) is 11.5 Å². The van der Waals surface area contributed by atoms with E-state index in [9.17, 15) is 0 Å². The Balaban J connectivity index is 2.42. The average molecular weight is 289 g/mol. The molecule has 0 amide bonds. The number of benzene rings is 1. The maximum absolute atomic E-state index is 5.94. The summed E-state index contributed by atoms with van der Waals surface area (Å²) in [5, 5.41) is 7.15. The lowest BCUT2D eigenvalue weighted by molar-refractivity contribution is 0.288. The van der Waals surface area contributed by atoms with E-state index < -0.39 is 0 Å². The molecule has 3 N–H and O–H groups in total. The quantitative estimate of drug-likeness (QED) is 0.819. The van der Waals surface area contributed by atoms with Crippen molar-refractivity contribution in [1.82, 2.24) is 10.2 Å². The molecule has 0 radical (unpaired) electrons. The zero-order chi connectivity index (χ0) is 15.2. The number of aromatic nitrogens is 2. The fraction of sp³-hybridized carbons (Fsp3) is 0.438. The Hall–Kier alpha value is -2.17. The van der Waals surface area contributed by atoms with E-state index in [1.807, 2.05) is 32.0 Å².